The van der Waals surface area contributed by atoms with Crippen molar-refractivity contribution in [3.05, 3.63) is 54.2 Å². The van der Waals surface area contributed by atoms with Crippen LogP contribution < -0.4 is 4.74 Å². The second-order valence-electron chi connectivity index (χ2n) is 5.77. The first-order valence-corrected chi connectivity index (χ1v) is 8.07. The highest BCUT2D eigenvalue weighted by Crippen LogP contribution is 2.17. The molecule has 1 atom stereocenters. The number of hydrogen-bond acceptors (Lipinski definition) is 4. The number of likely N-dealkylation sites (tertiary alicyclic amines) is 1. The lowest BCUT2D eigenvalue weighted by molar-refractivity contribution is -0.133. The van der Waals surface area contributed by atoms with Gasteiger partial charge in [-0.05, 0) is 30.9 Å². The predicted molar refractivity (Wildman–Crippen MR) is 87.0 cm³/mol. The predicted octanol–water partition coefficient (Wildman–Crippen LogP) is 2.48. The summed E-state index contributed by atoms with van der Waals surface area (Å²) in [6.07, 6.45) is 4.85. The molecule has 3 rings (SSSR count). The summed E-state index contributed by atoms with van der Waals surface area (Å²) in [5.41, 5.74) is 1.20. The summed E-state index contributed by atoms with van der Waals surface area (Å²) in [5.74, 6) is 0.720. The molecule has 0 spiro atoms. The molecule has 1 amide bonds. The third kappa shape index (κ3) is 4.52. The first-order chi connectivity index (χ1) is 11.3. The maximum atomic E-state index is 12.4. The summed E-state index contributed by atoms with van der Waals surface area (Å²) in [6.45, 7) is 1.44. The molecule has 120 valence electrons. The fourth-order valence-electron chi connectivity index (χ4n) is 2.84. The number of benzene rings is 1. The van der Waals surface area contributed by atoms with Crippen molar-refractivity contribution in [2.75, 3.05) is 13.1 Å². The number of amides is 1. The SMILES string of the molecule is O=C(CCc1ccccc1)N1CCC[C@H](Oc2cccnn2)C1. The van der Waals surface area contributed by atoms with Gasteiger partial charge in [0.25, 0.3) is 0 Å². The maximum absolute atomic E-state index is 12.4. The maximum Gasteiger partial charge on any atom is 0.233 e. The van der Waals surface area contributed by atoms with Crippen molar-refractivity contribution in [2.45, 2.75) is 31.8 Å². The van der Waals surface area contributed by atoms with Crippen LogP contribution in [0.25, 0.3) is 0 Å². The number of piperidine rings is 1. The molecule has 1 saturated heterocycles. The van der Waals surface area contributed by atoms with Crippen LogP contribution in [0.5, 0.6) is 5.88 Å². The Bertz CT molecular complexity index is 619. The van der Waals surface area contributed by atoms with Gasteiger partial charge >= 0.3 is 0 Å². The number of ether oxygens (including phenoxy) is 1. The average Bonchev–Trinajstić information content (AvgIpc) is 2.62. The van der Waals surface area contributed by atoms with E-state index in [0.29, 0.717) is 18.8 Å². The molecular weight excluding hydrogens is 290 g/mol. The normalized spacial score (nSPS) is 17.7. The van der Waals surface area contributed by atoms with E-state index < -0.39 is 0 Å². The van der Waals surface area contributed by atoms with Gasteiger partial charge in [0.1, 0.15) is 6.10 Å². The highest BCUT2D eigenvalue weighted by atomic mass is 16.5. The summed E-state index contributed by atoms with van der Waals surface area (Å²) < 4.78 is 5.83. The first-order valence-electron chi connectivity index (χ1n) is 8.07. The number of hydrogen-bond donors (Lipinski definition) is 0. The van der Waals surface area contributed by atoms with Gasteiger partial charge < -0.3 is 9.64 Å². The van der Waals surface area contributed by atoms with Crippen molar-refractivity contribution < 1.29 is 9.53 Å². The molecule has 2 heterocycles. The summed E-state index contributed by atoms with van der Waals surface area (Å²) in [7, 11) is 0. The molecule has 5 heteroatoms. The van der Waals surface area contributed by atoms with Gasteiger partial charge in [-0.25, -0.2) is 0 Å². The molecule has 1 fully saturated rings. The zero-order valence-electron chi connectivity index (χ0n) is 13.1. The minimum atomic E-state index is 0.00104. The van der Waals surface area contributed by atoms with E-state index >= 15 is 0 Å². The molecule has 1 aliphatic heterocycles. The van der Waals surface area contributed by atoms with Gasteiger partial charge in [-0.2, -0.15) is 5.10 Å². The second-order valence-corrected chi connectivity index (χ2v) is 5.77. The zero-order chi connectivity index (χ0) is 15.9. The Hall–Kier alpha value is -2.43. The van der Waals surface area contributed by atoms with E-state index in [1.54, 1.807) is 18.3 Å². The fourth-order valence-corrected chi connectivity index (χ4v) is 2.84. The van der Waals surface area contributed by atoms with Crippen LogP contribution in [0.2, 0.25) is 0 Å². The van der Waals surface area contributed by atoms with Crippen molar-refractivity contribution in [1.82, 2.24) is 15.1 Å². The molecule has 0 radical (unpaired) electrons. The van der Waals surface area contributed by atoms with Crippen LogP contribution in [0.4, 0.5) is 0 Å². The van der Waals surface area contributed by atoms with Gasteiger partial charge in [-0.15, -0.1) is 5.10 Å². The summed E-state index contributed by atoms with van der Waals surface area (Å²) >= 11 is 0. The average molecular weight is 311 g/mol. The molecule has 0 aliphatic carbocycles. The van der Waals surface area contributed by atoms with Crippen LogP contribution in [0, 0.1) is 0 Å². The number of carbonyl (C=O) groups is 1. The Morgan fingerprint density at radius 2 is 2.09 bits per heavy atom. The van der Waals surface area contributed by atoms with Gasteiger partial charge in [-0.1, -0.05) is 30.3 Å². The molecule has 0 bridgehead atoms. The van der Waals surface area contributed by atoms with Crippen LogP contribution in [0.3, 0.4) is 0 Å². The van der Waals surface area contributed by atoms with Crippen LogP contribution in [-0.2, 0) is 11.2 Å². The van der Waals surface area contributed by atoms with E-state index in [2.05, 4.69) is 22.3 Å². The van der Waals surface area contributed by atoms with Gasteiger partial charge in [0.05, 0.1) is 6.54 Å². The topological polar surface area (TPSA) is 55.3 Å². The van der Waals surface area contributed by atoms with Crippen LogP contribution in [0.15, 0.2) is 48.7 Å². The Kier molecular flexibility index (Phi) is 5.19. The lowest BCUT2D eigenvalue weighted by atomic mass is 10.1. The molecule has 1 aliphatic rings. The van der Waals surface area contributed by atoms with Crippen molar-refractivity contribution in [3.63, 3.8) is 0 Å². The summed E-state index contributed by atoms with van der Waals surface area (Å²) in [4.78, 5) is 14.3. The number of rotatable bonds is 5. The molecule has 23 heavy (non-hydrogen) atoms. The largest absolute Gasteiger partial charge is 0.471 e. The van der Waals surface area contributed by atoms with Gasteiger partial charge in [0, 0.05) is 25.2 Å². The Morgan fingerprint density at radius 3 is 2.87 bits per heavy atom. The van der Waals surface area contributed by atoms with E-state index in [1.165, 1.54) is 5.56 Å². The van der Waals surface area contributed by atoms with Crippen LogP contribution in [-0.4, -0.2) is 40.2 Å². The number of aromatic nitrogens is 2. The molecular formula is C18H21N3O2. The fraction of sp³-hybridized carbons (Fsp3) is 0.389. The molecule has 1 aromatic heterocycles. The minimum Gasteiger partial charge on any atom is -0.471 e. The van der Waals surface area contributed by atoms with Crippen LogP contribution >= 0.6 is 0 Å². The molecule has 0 N–H and O–H groups in total. The number of nitrogens with zero attached hydrogens (tertiary/aromatic N) is 3. The third-order valence-electron chi connectivity index (χ3n) is 4.04. The lowest BCUT2D eigenvalue weighted by Gasteiger charge is -2.32. The van der Waals surface area contributed by atoms with E-state index in [4.69, 9.17) is 4.74 Å². The highest BCUT2D eigenvalue weighted by molar-refractivity contribution is 5.76. The van der Waals surface area contributed by atoms with Crippen molar-refractivity contribution in [1.29, 1.82) is 0 Å². The summed E-state index contributed by atoms with van der Waals surface area (Å²) in [5, 5.41) is 7.75. The number of carbonyl (C=O) groups excluding carboxylic acids is 1. The smallest absolute Gasteiger partial charge is 0.233 e. The van der Waals surface area contributed by atoms with E-state index in [-0.39, 0.29) is 12.0 Å². The zero-order valence-corrected chi connectivity index (χ0v) is 13.1. The van der Waals surface area contributed by atoms with Gasteiger partial charge in [0.15, 0.2) is 0 Å². The van der Waals surface area contributed by atoms with Gasteiger partial charge in [-0.3, -0.25) is 4.79 Å². The summed E-state index contributed by atoms with van der Waals surface area (Å²) in [6, 6.07) is 13.7. The van der Waals surface area contributed by atoms with E-state index in [0.717, 1.165) is 25.8 Å². The van der Waals surface area contributed by atoms with Crippen LogP contribution in [0.1, 0.15) is 24.8 Å². The lowest BCUT2D eigenvalue weighted by Crippen LogP contribution is -2.44. The van der Waals surface area contributed by atoms with Crippen molar-refractivity contribution >= 4 is 5.91 Å². The van der Waals surface area contributed by atoms with Crippen molar-refractivity contribution in [3.8, 4) is 5.88 Å². The number of aryl methyl sites for hydroxylation is 1. The monoisotopic (exact) mass is 311 g/mol. The van der Waals surface area contributed by atoms with Crippen molar-refractivity contribution in [2.24, 2.45) is 0 Å². The molecule has 5 nitrogen and oxygen atoms in total. The highest BCUT2D eigenvalue weighted by Gasteiger charge is 2.24. The second kappa shape index (κ2) is 7.72. The van der Waals surface area contributed by atoms with Gasteiger partial charge in [0.2, 0.25) is 11.8 Å². The standard InChI is InChI=1S/C18H21N3O2/c22-18(11-10-15-6-2-1-3-7-15)21-13-5-8-16(14-21)23-17-9-4-12-19-20-17/h1-4,6-7,9,12,16H,5,8,10-11,13-14H2/t16-/m0/s1. The first kappa shape index (κ1) is 15.5. The molecule has 1 aromatic carbocycles. The Labute approximate surface area is 136 Å². The van der Waals surface area contributed by atoms with E-state index in [9.17, 15) is 4.79 Å². The quantitative estimate of drug-likeness (QED) is 0.851. The molecule has 0 saturated carbocycles. The third-order valence-corrected chi connectivity index (χ3v) is 4.04. The Balaban J connectivity index is 1.50. The molecule has 0 unspecified atom stereocenters. The minimum absolute atomic E-state index is 0.00104. The molecule has 2 aromatic rings. The Morgan fingerprint density at radius 1 is 1.22 bits per heavy atom. The van der Waals surface area contributed by atoms with E-state index in [1.807, 2.05) is 23.1 Å².